The third-order valence-corrected chi connectivity index (χ3v) is 3.14. The van der Waals surface area contributed by atoms with Gasteiger partial charge in [0.2, 0.25) is 0 Å². The lowest BCUT2D eigenvalue weighted by Gasteiger charge is -2.14. The highest BCUT2D eigenvalue weighted by atomic mass is 16.5. The molecule has 0 aliphatic rings. The van der Waals surface area contributed by atoms with Gasteiger partial charge in [0, 0.05) is 18.2 Å². The average Bonchev–Trinajstić information content (AvgIpc) is 2.88. The van der Waals surface area contributed by atoms with Crippen LogP contribution in [0, 0.1) is 6.92 Å². The van der Waals surface area contributed by atoms with Crippen molar-refractivity contribution in [3.05, 3.63) is 47.1 Å². The number of amides is 1. The van der Waals surface area contributed by atoms with Crippen LogP contribution in [-0.4, -0.2) is 16.0 Å². The Labute approximate surface area is 118 Å². The molecule has 2 aromatic heterocycles. The summed E-state index contributed by atoms with van der Waals surface area (Å²) in [4.78, 5) is 16.4. The van der Waals surface area contributed by atoms with Gasteiger partial charge in [0.05, 0.1) is 11.7 Å². The molecule has 5 nitrogen and oxygen atoms in total. The monoisotopic (exact) mass is 273 g/mol. The second-order valence-electron chi connectivity index (χ2n) is 5.17. The standard InChI is InChI=1S/C15H19N3O2/c1-9(2)13-8-12(18-20-13)15(19)17-11(4)14-10(3)6-5-7-16-14/h5-9,11H,1-4H3,(H,17,19)/t11-/m0/s1. The first kappa shape index (κ1) is 14.2. The molecule has 106 valence electrons. The molecular weight excluding hydrogens is 254 g/mol. The van der Waals surface area contributed by atoms with Crippen LogP contribution in [0.4, 0.5) is 0 Å². The van der Waals surface area contributed by atoms with Gasteiger partial charge in [-0.1, -0.05) is 25.1 Å². The number of aromatic nitrogens is 2. The van der Waals surface area contributed by atoms with Gasteiger partial charge in [-0.3, -0.25) is 9.78 Å². The first-order valence-electron chi connectivity index (χ1n) is 6.68. The van der Waals surface area contributed by atoms with Crippen molar-refractivity contribution in [2.24, 2.45) is 0 Å². The van der Waals surface area contributed by atoms with Crippen LogP contribution in [-0.2, 0) is 0 Å². The molecule has 2 rings (SSSR count). The molecule has 2 aromatic rings. The predicted molar refractivity (Wildman–Crippen MR) is 75.4 cm³/mol. The van der Waals surface area contributed by atoms with Gasteiger partial charge < -0.3 is 9.84 Å². The van der Waals surface area contributed by atoms with Crippen LogP contribution in [0.15, 0.2) is 28.9 Å². The molecule has 0 aromatic carbocycles. The summed E-state index contributed by atoms with van der Waals surface area (Å²) in [7, 11) is 0. The number of hydrogen-bond donors (Lipinski definition) is 1. The lowest BCUT2D eigenvalue weighted by atomic mass is 10.1. The van der Waals surface area contributed by atoms with Gasteiger partial charge in [0.25, 0.3) is 5.91 Å². The molecule has 5 heteroatoms. The fourth-order valence-electron chi connectivity index (χ4n) is 1.96. The summed E-state index contributed by atoms with van der Waals surface area (Å²) in [6, 6.07) is 5.35. The summed E-state index contributed by atoms with van der Waals surface area (Å²) >= 11 is 0. The number of nitrogens with zero attached hydrogens (tertiary/aromatic N) is 2. The topological polar surface area (TPSA) is 68.0 Å². The molecule has 0 radical (unpaired) electrons. The lowest BCUT2D eigenvalue weighted by Crippen LogP contribution is -2.28. The van der Waals surface area contributed by atoms with Crippen molar-refractivity contribution in [1.29, 1.82) is 0 Å². The largest absolute Gasteiger partial charge is 0.360 e. The zero-order valence-electron chi connectivity index (χ0n) is 12.2. The first-order chi connectivity index (χ1) is 9.49. The fraction of sp³-hybridized carbons (Fsp3) is 0.400. The van der Waals surface area contributed by atoms with Crippen LogP contribution in [0.5, 0.6) is 0 Å². The van der Waals surface area contributed by atoms with E-state index in [4.69, 9.17) is 4.52 Å². The predicted octanol–water partition coefficient (Wildman–Crippen LogP) is 2.99. The number of rotatable bonds is 4. The summed E-state index contributed by atoms with van der Waals surface area (Å²) in [5, 5.41) is 6.68. The van der Waals surface area contributed by atoms with E-state index in [1.54, 1.807) is 12.3 Å². The van der Waals surface area contributed by atoms with Crippen molar-refractivity contribution in [1.82, 2.24) is 15.5 Å². The number of aryl methyl sites for hydroxylation is 1. The van der Waals surface area contributed by atoms with E-state index in [9.17, 15) is 4.79 Å². The molecule has 1 N–H and O–H groups in total. The first-order valence-corrected chi connectivity index (χ1v) is 6.68. The summed E-state index contributed by atoms with van der Waals surface area (Å²) in [6.07, 6.45) is 1.72. The number of carbonyl (C=O) groups excluding carboxylic acids is 1. The molecule has 20 heavy (non-hydrogen) atoms. The van der Waals surface area contributed by atoms with E-state index in [1.165, 1.54) is 0 Å². The molecule has 0 aliphatic heterocycles. The Bertz CT molecular complexity index is 605. The van der Waals surface area contributed by atoms with Crippen molar-refractivity contribution >= 4 is 5.91 Å². The SMILES string of the molecule is Cc1cccnc1[C@H](C)NC(=O)c1cc(C(C)C)on1. The molecule has 2 heterocycles. The average molecular weight is 273 g/mol. The van der Waals surface area contributed by atoms with Crippen LogP contribution in [0.1, 0.15) is 60.2 Å². The molecule has 0 saturated carbocycles. The highest BCUT2D eigenvalue weighted by molar-refractivity contribution is 5.92. The molecule has 0 bridgehead atoms. The van der Waals surface area contributed by atoms with E-state index in [0.717, 1.165) is 11.3 Å². The zero-order chi connectivity index (χ0) is 14.7. The third kappa shape index (κ3) is 3.04. The minimum Gasteiger partial charge on any atom is -0.360 e. The van der Waals surface area contributed by atoms with Gasteiger partial charge >= 0.3 is 0 Å². The van der Waals surface area contributed by atoms with E-state index >= 15 is 0 Å². The van der Waals surface area contributed by atoms with E-state index in [1.807, 2.05) is 39.8 Å². The second-order valence-corrected chi connectivity index (χ2v) is 5.17. The van der Waals surface area contributed by atoms with Gasteiger partial charge in [-0.15, -0.1) is 0 Å². The minimum absolute atomic E-state index is 0.178. The summed E-state index contributed by atoms with van der Waals surface area (Å²) < 4.78 is 5.13. The van der Waals surface area contributed by atoms with Crippen molar-refractivity contribution in [3.63, 3.8) is 0 Å². The molecular formula is C15H19N3O2. The summed E-state index contributed by atoms with van der Waals surface area (Å²) in [5.41, 5.74) is 2.20. The van der Waals surface area contributed by atoms with Crippen LogP contribution in [0.3, 0.4) is 0 Å². The second kappa shape index (κ2) is 5.86. The Hall–Kier alpha value is -2.17. The molecule has 1 atom stereocenters. The molecule has 0 unspecified atom stereocenters. The van der Waals surface area contributed by atoms with E-state index < -0.39 is 0 Å². The fourth-order valence-corrected chi connectivity index (χ4v) is 1.96. The minimum atomic E-state index is -0.252. The van der Waals surface area contributed by atoms with Gasteiger partial charge in [-0.05, 0) is 25.5 Å². The highest BCUT2D eigenvalue weighted by Gasteiger charge is 2.18. The van der Waals surface area contributed by atoms with Gasteiger partial charge in [0.1, 0.15) is 5.76 Å². The maximum Gasteiger partial charge on any atom is 0.273 e. The molecule has 0 aliphatic carbocycles. The number of nitrogens with one attached hydrogen (secondary N) is 1. The molecule has 0 spiro atoms. The smallest absolute Gasteiger partial charge is 0.273 e. The van der Waals surface area contributed by atoms with Crippen LogP contribution in [0.25, 0.3) is 0 Å². The van der Waals surface area contributed by atoms with Crippen LogP contribution in [0.2, 0.25) is 0 Å². The van der Waals surface area contributed by atoms with Gasteiger partial charge in [0.15, 0.2) is 5.69 Å². The highest BCUT2D eigenvalue weighted by Crippen LogP contribution is 2.17. The van der Waals surface area contributed by atoms with Crippen molar-refractivity contribution in [2.45, 2.75) is 39.7 Å². The Morgan fingerprint density at radius 2 is 2.10 bits per heavy atom. The van der Waals surface area contributed by atoms with Gasteiger partial charge in [-0.25, -0.2) is 0 Å². The maximum atomic E-state index is 12.1. The van der Waals surface area contributed by atoms with Gasteiger partial charge in [-0.2, -0.15) is 0 Å². The summed E-state index contributed by atoms with van der Waals surface area (Å²) in [6.45, 7) is 7.85. The van der Waals surface area contributed by atoms with Crippen LogP contribution < -0.4 is 5.32 Å². The third-order valence-electron chi connectivity index (χ3n) is 3.14. The quantitative estimate of drug-likeness (QED) is 0.929. The molecule has 0 fully saturated rings. The number of pyridine rings is 1. The number of carbonyl (C=O) groups is 1. The Balaban J connectivity index is 2.09. The molecule has 1 amide bonds. The molecule has 0 saturated heterocycles. The Morgan fingerprint density at radius 3 is 2.70 bits per heavy atom. The maximum absolute atomic E-state index is 12.1. The zero-order valence-corrected chi connectivity index (χ0v) is 12.2. The normalized spacial score (nSPS) is 12.4. The van der Waals surface area contributed by atoms with Crippen molar-refractivity contribution in [3.8, 4) is 0 Å². The van der Waals surface area contributed by atoms with Crippen LogP contribution >= 0.6 is 0 Å². The van der Waals surface area contributed by atoms with E-state index in [2.05, 4.69) is 15.5 Å². The van der Waals surface area contributed by atoms with Crippen molar-refractivity contribution < 1.29 is 9.32 Å². The van der Waals surface area contributed by atoms with E-state index in [0.29, 0.717) is 11.5 Å². The van der Waals surface area contributed by atoms with E-state index in [-0.39, 0.29) is 17.9 Å². The number of hydrogen-bond acceptors (Lipinski definition) is 4. The Morgan fingerprint density at radius 1 is 1.35 bits per heavy atom. The Kier molecular flexibility index (Phi) is 4.17. The lowest BCUT2D eigenvalue weighted by molar-refractivity contribution is 0.0929. The van der Waals surface area contributed by atoms with Crippen molar-refractivity contribution in [2.75, 3.05) is 0 Å². The summed E-state index contributed by atoms with van der Waals surface area (Å²) in [5.74, 6) is 0.662.